The lowest BCUT2D eigenvalue weighted by Gasteiger charge is -2.03. The van der Waals surface area contributed by atoms with E-state index in [0.29, 0.717) is 6.42 Å². The number of hydrogen-bond acceptors (Lipinski definition) is 3. The maximum atomic E-state index is 11.0. The van der Waals surface area contributed by atoms with Crippen LogP contribution < -0.4 is 4.74 Å². The molecule has 0 fully saturated rings. The number of rotatable bonds is 3. The molecule has 0 heterocycles. The second kappa shape index (κ2) is 4.53. The molecule has 0 unspecified atom stereocenters. The zero-order valence-electron chi connectivity index (χ0n) is 8.53. The average Bonchev–Trinajstić information content (AvgIpc) is 2.65. The van der Waals surface area contributed by atoms with Crippen LogP contribution in [0.25, 0.3) is 0 Å². The van der Waals surface area contributed by atoms with E-state index in [2.05, 4.69) is 0 Å². The van der Waals surface area contributed by atoms with Crippen molar-refractivity contribution < 1.29 is 9.53 Å². The highest BCUT2D eigenvalue weighted by molar-refractivity contribution is 8.03. The number of thioether (sulfide) groups is 1. The molecule has 0 saturated heterocycles. The first-order valence-corrected chi connectivity index (χ1v) is 5.65. The van der Waals surface area contributed by atoms with Gasteiger partial charge in [0.2, 0.25) is 0 Å². The summed E-state index contributed by atoms with van der Waals surface area (Å²) >= 11 is 1.66. The Balaban J connectivity index is 2.05. The Hall–Kier alpha value is -1.22. The minimum atomic E-state index is 0.242. The molecule has 0 amide bonds. The smallest absolute Gasteiger partial charge is 0.156 e. The van der Waals surface area contributed by atoms with Gasteiger partial charge < -0.3 is 4.74 Å². The Morgan fingerprint density at radius 1 is 1.20 bits per heavy atom. The van der Waals surface area contributed by atoms with Crippen LogP contribution in [-0.2, 0) is 4.79 Å². The van der Waals surface area contributed by atoms with Gasteiger partial charge in [-0.05, 0) is 41.7 Å². The topological polar surface area (TPSA) is 26.3 Å². The number of hydrogen-bond donors (Lipinski definition) is 0. The molecule has 1 aromatic carbocycles. The predicted molar refractivity (Wildman–Crippen MR) is 61.2 cm³/mol. The molecule has 3 heteroatoms. The van der Waals surface area contributed by atoms with Crippen molar-refractivity contribution in [3.63, 3.8) is 0 Å². The summed E-state index contributed by atoms with van der Waals surface area (Å²) in [6.07, 6.45) is 3.29. The van der Waals surface area contributed by atoms with E-state index >= 15 is 0 Å². The predicted octanol–water partition coefficient (Wildman–Crippen LogP) is 3.03. The summed E-state index contributed by atoms with van der Waals surface area (Å²) in [5.74, 6) is 1.10. The molecule has 1 aliphatic rings. The second-order valence-electron chi connectivity index (χ2n) is 3.35. The first kappa shape index (κ1) is 10.3. The van der Waals surface area contributed by atoms with Gasteiger partial charge in [-0.2, -0.15) is 0 Å². The number of ether oxygens (including phenoxy) is 1. The lowest BCUT2D eigenvalue weighted by atomic mass is 10.3. The third-order valence-electron chi connectivity index (χ3n) is 2.25. The zero-order valence-corrected chi connectivity index (χ0v) is 9.34. The molecule has 1 aromatic rings. The number of benzene rings is 1. The fraction of sp³-hybridized carbons (Fsp3) is 0.250. The van der Waals surface area contributed by atoms with Crippen molar-refractivity contribution in [3.8, 4) is 5.75 Å². The van der Waals surface area contributed by atoms with Gasteiger partial charge in [-0.25, -0.2) is 0 Å². The molecule has 78 valence electrons. The summed E-state index contributed by atoms with van der Waals surface area (Å²) in [5, 5.41) is 0. The van der Waals surface area contributed by atoms with E-state index in [1.807, 2.05) is 24.3 Å². The molecule has 0 atom stereocenters. The monoisotopic (exact) mass is 220 g/mol. The van der Waals surface area contributed by atoms with Gasteiger partial charge in [0, 0.05) is 11.3 Å². The maximum absolute atomic E-state index is 11.0. The van der Waals surface area contributed by atoms with E-state index in [1.54, 1.807) is 24.9 Å². The molecule has 0 saturated carbocycles. The number of carbonyl (C=O) groups is 1. The SMILES string of the molecule is COc1ccc(SC2=CC(=O)CC2)cc1. The summed E-state index contributed by atoms with van der Waals surface area (Å²) in [4.78, 5) is 13.3. The van der Waals surface area contributed by atoms with E-state index in [9.17, 15) is 4.79 Å². The molecular weight excluding hydrogens is 208 g/mol. The van der Waals surface area contributed by atoms with Gasteiger partial charge in [-0.1, -0.05) is 11.8 Å². The van der Waals surface area contributed by atoms with E-state index in [4.69, 9.17) is 4.74 Å². The number of ketones is 1. The highest BCUT2D eigenvalue weighted by atomic mass is 32.2. The summed E-state index contributed by atoms with van der Waals surface area (Å²) in [6.45, 7) is 0. The van der Waals surface area contributed by atoms with Gasteiger partial charge in [0.15, 0.2) is 5.78 Å². The minimum Gasteiger partial charge on any atom is -0.497 e. The first-order valence-electron chi connectivity index (χ1n) is 4.83. The largest absolute Gasteiger partial charge is 0.497 e. The van der Waals surface area contributed by atoms with Crippen LogP contribution in [0.3, 0.4) is 0 Å². The molecule has 0 aliphatic heterocycles. The Morgan fingerprint density at radius 2 is 1.93 bits per heavy atom. The van der Waals surface area contributed by atoms with E-state index in [0.717, 1.165) is 22.0 Å². The van der Waals surface area contributed by atoms with Crippen molar-refractivity contribution in [2.24, 2.45) is 0 Å². The Kier molecular flexibility index (Phi) is 3.11. The lowest BCUT2D eigenvalue weighted by Crippen LogP contribution is -1.81. The fourth-order valence-electron chi connectivity index (χ4n) is 1.45. The van der Waals surface area contributed by atoms with Gasteiger partial charge in [0.05, 0.1) is 7.11 Å². The van der Waals surface area contributed by atoms with E-state index in [-0.39, 0.29) is 5.78 Å². The summed E-state index contributed by atoms with van der Waals surface area (Å²) in [6, 6.07) is 7.87. The third-order valence-corrected chi connectivity index (χ3v) is 3.34. The molecule has 2 nitrogen and oxygen atoms in total. The highest BCUT2D eigenvalue weighted by Crippen LogP contribution is 2.33. The van der Waals surface area contributed by atoms with Crippen LogP contribution in [0.5, 0.6) is 5.75 Å². The van der Waals surface area contributed by atoms with Crippen LogP contribution in [0.2, 0.25) is 0 Å². The van der Waals surface area contributed by atoms with Crippen molar-refractivity contribution in [3.05, 3.63) is 35.2 Å². The Labute approximate surface area is 93.3 Å². The Bertz CT molecular complexity index is 393. The molecule has 1 aliphatic carbocycles. The number of methoxy groups -OCH3 is 1. The quantitative estimate of drug-likeness (QED) is 0.783. The van der Waals surface area contributed by atoms with Crippen LogP contribution >= 0.6 is 11.8 Å². The molecule has 0 spiro atoms. The molecule has 15 heavy (non-hydrogen) atoms. The van der Waals surface area contributed by atoms with Crippen molar-refractivity contribution in [1.29, 1.82) is 0 Å². The molecule has 0 radical (unpaired) electrons. The summed E-state index contributed by atoms with van der Waals surface area (Å²) in [7, 11) is 1.65. The normalized spacial score (nSPS) is 15.3. The highest BCUT2D eigenvalue weighted by Gasteiger charge is 2.12. The van der Waals surface area contributed by atoms with Crippen molar-refractivity contribution >= 4 is 17.5 Å². The lowest BCUT2D eigenvalue weighted by molar-refractivity contribution is -0.114. The third kappa shape index (κ3) is 2.63. The van der Waals surface area contributed by atoms with Gasteiger partial charge >= 0.3 is 0 Å². The van der Waals surface area contributed by atoms with Gasteiger partial charge in [-0.15, -0.1) is 0 Å². The fourth-order valence-corrected chi connectivity index (χ4v) is 2.42. The van der Waals surface area contributed by atoms with E-state index in [1.165, 1.54) is 0 Å². The Morgan fingerprint density at radius 3 is 2.47 bits per heavy atom. The van der Waals surface area contributed by atoms with Crippen LogP contribution in [0.15, 0.2) is 40.1 Å². The summed E-state index contributed by atoms with van der Waals surface area (Å²) < 4.78 is 5.08. The van der Waals surface area contributed by atoms with Crippen LogP contribution in [-0.4, -0.2) is 12.9 Å². The zero-order chi connectivity index (χ0) is 10.7. The molecule has 0 N–H and O–H groups in total. The molecule has 0 aromatic heterocycles. The van der Waals surface area contributed by atoms with Crippen molar-refractivity contribution in [2.45, 2.75) is 17.7 Å². The van der Waals surface area contributed by atoms with Crippen LogP contribution in [0.4, 0.5) is 0 Å². The second-order valence-corrected chi connectivity index (χ2v) is 4.55. The average molecular weight is 220 g/mol. The summed E-state index contributed by atoms with van der Waals surface area (Å²) in [5.41, 5.74) is 0. The molecule has 2 rings (SSSR count). The first-order chi connectivity index (χ1) is 7.28. The standard InChI is InChI=1S/C12H12O2S/c1-14-10-3-6-11(7-4-10)15-12-5-2-9(13)8-12/h3-4,6-8H,2,5H2,1H3. The van der Waals surface area contributed by atoms with Gasteiger partial charge in [-0.3, -0.25) is 4.79 Å². The van der Waals surface area contributed by atoms with Gasteiger partial charge in [0.1, 0.15) is 5.75 Å². The molecular formula is C12H12O2S. The van der Waals surface area contributed by atoms with Gasteiger partial charge in [0.25, 0.3) is 0 Å². The van der Waals surface area contributed by atoms with Crippen molar-refractivity contribution in [1.82, 2.24) is 0 Å². The minimum absolute atomic E-state index is 0.242. The van der Waals surface area contributed by atoms with Crippen LogP contribution in [0, 0.1) is 0 Å². The molecule has 0 bridgehead atoms. The van der Waals surface area contributed by atoms with Crippen molar-refractivity contribution in [2.75, 3.05) is 7.11 Å². The number of allylic oxidation sites excluding steroid dienone is 2. The van der Waals surface area contributed by atoms with Crippen LogP contribution in [0.1, 0.15) is 12.8 Å². The van der Waals surface area contributed by atoms with E-state index < -0.39 is 0 Å². The number of carbonyl (C=O) groups excluding carboxylic acids is 1. The maximum Gasteiger partial charge on any atom is 0.156 e.